The largest absolute Gasteiger partial charge is 0.381 e. The minimum Gasteiger partial charge on any atom is -0.381 e. The average molecular weight is 307 g/mol. The smallest absolute Gasteiger partial charge is 0.103 e. The summed E-state index contributed by atoms with van der Waals surface area (Å²) in [6, 6.07) is 8.67. The van der Waals surface area contributed by atoms with Crippen molar-refractivity contribution >= 4 is 21.6 Å². The van der Waals surface area contributed by atoms with E-state index in [1.54, 1.807) is 0 Å². The van der Waals surface area contributed by atoms with Crippen molar-refractivity contribution < 1.29 is 0 Å². The van der Waals surface area contributed by atoms with Gasteiger partial charge in [-0.25, -0.2) is 0 Å². The van der Waals surface area contributed by atoms with Crippen LogP contribution in [0.3, 0.4) is 0 Å². The highest BCUT2D eigenvalue weighted by atomic mass is 79.9. The summed E-state index contributed by atoms with van der Waals surface area (Å²) in [5.41, 5.74) is 1.68. The van der Waals surface area contributed by atoms with Crippen molar-refractivity contribution in [3.05, 3.63) is 28.2 Å². The second-order valence-corrected chi connectivity index (χ2v) is 6.08. The standard InChI is InChI=1S/C15H19BrN2/c1-11-4-2-5-12(9-8-11)18-15-7-3-6-14(16)13(15)10-17/h3,6-7,11-12,18H,2,4-5,8-9H2,1H3. The number of nitrogens with zero attached hydrogens (tertiary/aromatic N) is 1. The third-order valence-electron chi connectivity index (χ3n) is 3.74. The highest BCUT2D eigenvalue weighted by Crippen LogP contribution is 2.28. The fourth-order valence-corrected chi connectivity index (χ4v) is 3.06. The van der Waals surface area contributed by atoms with Crippen molar-refractivity contribution in [3.63, 3.8) is 0 Å². The zero-order chi connectivity index (χ0) is 13.0. The molecule has 1 aliphatic rings. The number of rotatable bonds is 2. The van der Waals surface area contributed by atoms with Crippen LogP contribution in [0.1, 0.15) is 44.6 Å². The van der Waals surface area contributed by atoms with Crippen LogP contribution < -0.4 is 5.32 Å². The lowest BCUT2D eigenvalue weighted by Gasteiger charge is -2.19. The SMILES string of the molecule is CC1CCCC(Nc2cccc(Br)c2C#N)CC1. The molecule has 2 atom stereocenters. The van der Waals surface area contributed by atoms with Crippen LogP contribution >= 0.6 is 15.9 Å². The van der Waals surface area contributed by atoms with Gasteiger partial charge in [-0.2, -0.15) is 5.26 Å². The summed E-state index contributed by atoms with van der Waals surface area (Å²) >= 11 is 3.43. The van der Waals surface area contributed by atoms with Crippen LogP contribution in [0.25, 0.3) is 0 Å². The van der Waals surface area contributed by atoms with Gasteiger partial charge in [0.25, 0.3) is 0 Å². The number of halogens is 1. The van der Waals surface area contributed by atoms with E-state index in [0.29, 0.717) is 6.04 Å². The van der Waals surface area contributed by atoms with Gasteiger partial charge in [-0.1, -0.05) is 25.8 Å². The van der Waals surface area contributed by atoms with Crippen LogP contribution in [0.5, 0.6) is 0 Å². The Balaban J connectivity index is 2.09. The van der Waals surface area contributed by atoms with Gasteiger partial charge in [0, 0.05) is 10.5 Å². The lowest BCUT2D eigenvalue weighted by Crippen LogP contribution is -2.19. The van der Waals surface area contributed by atoms with Crippen molar-refractivity contribution in [2.75, 3.05) is 5.32 Å². The second-order valence-electron chi connectivity index (χ2n) is 5.23. The summed E-state index contributed by atoms with van der Waals surface area (Å²) in [6.45, 7) is 2.34. The van der Waals surface area contributed by atoms with Gasteiger partial charge >= 0.3 is 0 Å². The first-order chi connectivity index (χ1) is 8.70. The van der Waals surface area contributed by atoms with Crippen molar-refractivity contribution in [2.24, 2.45) is 5.92 Å². The molecule has 0 bridgehead atoms. The average Bonchev–Trinajstić information content (AvgIpc) is 2.55. The molecule has 0 saturated heterocycles. The maximum absolute atomic E-state index is 9.21. The van der Waals surface area contributed by atoms with E-state index in [9.17, 15) is 5.26 Å². The molecule has 0 spiro atoms. The number of benzene rings is 1. The maximum Gasteiger partial charge on any atom is 0.103 e. The summed E-state index contributed by atoms with van der Waals surface area (Å²) in [4.78, 5) is 0. The van der Waals surface area contributed by atoms with Crippen LogP contribution in [0.2, 0.25) is 0 Å². The Morgan fingerprint density at radius 2 is 2.11 bits per heavy atom. The molecule has 2 rings (SSSR count). The predicted molar refractivity (Wildman–Crippen MR) is 78.5 cm³/mol. The summed E-state index contributed by atoms with van der Waals surface area (Å²) in [6.07, 6.45) is 6.32. The van der Waals surface area contributed by atoms with E-state index < -0.39 is 0 Å². The van der Waals surface area contributed by atoms with Crippen molar-refractivity contribution in [1.29, 1.82) is 5.26 Å². The lowest BCUT2D eigenvalue weighted by atomic mass is 10.0. The number of hydrogen-bond acceptors (Lipinski definition) is 2. The van der Waals surface area contributed by atoms with Gasteiger partial charge < -0.3 is 5.32 Å². The Morgan fingerprint density at radius 1 is 1.28 bits per heavy atom. The number of hydrogen-bond donors (Lipinski definition) is 1. The van der Waals surface area contributed by atoms with E-state index in [1.807, 2.05) is 18.2 Å². The molecule has 0 aliphatic heterocycles. The summed E-state index contributed by atoms with van der Waals surface area (Å²) in [5, 5.41) is 12.8. The molecule has 1 N–H and O–H groups in total. The van der Waals surface area contributed by atoms with Crippen molar-refractivity contribution in [2.45, 2.75) is 45.1 Å². The minimum absolute atomic E-state index is 0.511. The molecule has 0 radical (unpaired) electrons. The number of nitriles is 1. The quantitative estimate of drug-likeness (QED) is 0.804. The molecule has 1 aromatic carbocycles. The van der Waals surface area contributed by atoms with Gasteiger partial charge in [-0.15, -0.1) is 0 Å². The van der Waals surface area contributed by atoms with E-state index in [4.69, 9.17) is 0 Å². The minimum atomic E-state index is 0.511. The van der Waals surface area contributed by atoms with Crippen molar-refractivity contribution in [1.82, 2.24) is 0 Å². The summed E-state index contributed by atoms with van der Waals surface area (Å²) < 4.78 is 0.872. The van der Waals surface area contributed by atoms with Gasteiger partial charge in [-0.3, -0.25) is 0 Å². The summed E-state index contributed by atoms with van der Waals surface area (Å²) in [7, 11) is 0. The molecule has 0 aromatic heterocycles. The molecule has 1 aliphatic carbocycles. The third kappa shape index (κ3) is 3.26. The predicted octanol–water partition coefficient (Wildman–Crippen LogP) is 4.70. The first-order valence-corrected chi connectivity index (χ1v) is 7.45. The molecule has 2 nitrogen and oxygen atoms in total. The second kappa shape index (κ2) is 6.24. The van der Waals surface area contributed by atoms with Crippen LogP contribution in [0.4, 0.5) is 5.69 Å². The lowest BCUT2D eigenvalue weighted by molar-refractivity contribution is 0.502. The number of nitrogens with one attached hydrogen (secondary N) is 1. The fraction of sp³-hybridized carbons (Fsp3) is 0.533. The molecule has 3 heteroatoms. The highest BCUT2D eigenvalue weighted by molar-refractivity contribution is 9.10. The van der Waals surface area contributed by atoms with Crippen molar-refractivity contribution in [3.8, 4) is 6.07 Å². The van der Waals surface area contributed by atoms with E-state index >= 15 is 0 Å². The monoisotopic (exact) mass is 306 g/mol. The Hall–Kier alpha value is -1.01. The van der Waals surface area contributed by atoms with Crippen LogP contribution in [0.15, 0.2) is 22.7 Å². The van der Waals surface area contributed by atoms with E-state index in [-0.39, 0.29) is 0 Å². The van der Waals surface area contributed by atoms with Crippen LogP contribution in [0, 0.1) is 17.2 Å². The molecule has 0 heterocycles. The van der Waals surface area contributed by atoms with Gasteiger partial charge in [0.2, 0.25) is 0 Å². The molecule has 2 unspecified atom stereocenters. The molecule has 1 fully saturated rings. The van der Waals surface area contributed by atoms with Crippen LogP contribution in [-0.4, -0.2) is 6.04 Å². The topological polar surface area (TPSA) is 35.8 Å². The molecule has 1 saturated carbocycles. The zero-order valence-corrected chi connectivity index (χ0v) is 12.3. The van der Waals surface area contributed by atoms with E-state index in [1.165, 1.54) is 32.1 Å². The Kier molecular flexibility index (Phi) is 4.66. The fourth-order valence-electron chi connectivity index (χ4n) is 2.61. The maximum atomic E-state index is 9.21. The molecular formula is C15H19BrN2. The molecule has 18 heavy (non-hydrogen) atoms. The van der Waals surface area contributed by atoms with E-state index in [0.717, 1.165) is 21.6 Å². The highest BCUT2D eigenvalue weighted by Gasteiger charge is 2.17. The molecule has 1 aromatic rings. The summed E-state index contributed by atoms with van der Waals surface area (Å²) in [5.74, 6) is 0.842. The normalized spacial score (nSPS) is 24.1. The first kappa shape index (κ1) is 13.4. The molecular weight excluding hydrogens is 288 g/mol. The van der Waals surface area contributed by atoms with Gasteiger partial charge in [0.1, 0.15) is 6.07 Å². The first-order valence-electron chi connectivity index (χ1n) is 6.66. The Morgan fingerprint density at radius 3 is 2.89 bits per heavy atom. The number of anilines is 1. The van der Waals surface area contributed by atoms with E-state index in [2.05, 4.69) is 34.2 Å². The Labute approximate surface area is 118 Å². The Bertz CT molecular complexity index is 450. The van der Waals surface area contributed by atoms with Gasteiger partial charge in [0.15, 0.2) is 0 Å². The third-order valence-corrected chi connectivity index (χ3v) is 4.40. The van der Waals surface area contributed by atoms with Gasteiger partial charge in [-0.05, 0) is 53.2 Å². The van der Waals surface area contributed by atoms with Crippen LogP contribution in [-0.2, 0) is 0 Å². The van der Waals surface area contributed by atoms with Gasteiger partial charge in [0.05, 0.1) is 11.3 Å². The zero-order valence-electron chi connectivity index (χ0n) is 10.7. The molecule has 96 valence electrons. The molecule has 0 amide bonds.